The molecule has 1 aliphatic heterocycles. The second kappa shape index (κ2) is 8.27. The lowest BCUT2D eigenvalue weighted by molar-refractivity contribution is -0.384. The summed E-state index contributed by atoms with van der Waals surface area (Å²) in [5.74, 6) is 1.49. The Balaban J connectivity index is 1.58. The van der Waals surface area contributed by atoms with E-state index in [1.807, 2.05) is 30.3 Å². The lowest BCUT2D eigenvalue weighted by Gasteiger charge is -2.32. The third-order valence-electron chi connectivity index (χ3n) is 4.70. The van der Waals surface area contributed by atoms with Crippen molar-refractivity contribution in [1.29, 1.82) is 0 Å². The van der Waals surface area contributed by atoms with Crippen LogP contribution in [0.4, 0.5) is 5.69 Å². The Kier molecular flexibility index (Phi) is 5.83. The molecule has 0 saturated carbocycles. The highest BCUT2D eigenvalue weighted by atomic mass is 32.1. The van der Waals surface area contributed by atoms with E-state index in [2.05, 4.69) is 11.8 Å². The lowest BCUT2D eigenvalue weighted by Crippen LogP contribution is -2.37. The van der Waals surface area contributed by atoms with Gasteiger partial charge in [-0.25, -0.2) is 0 Å². The summed E-state index contributed by atoms with van der Waals surface area (Å²) in [5.41, 5.74) is 1.86. The third kappa shape index (κ3) is 4.58. The van der Waals surface area contributed by atoms with Crippen molar-refractivity contribution in [2.75, 3.05) is 13.1 Å². The van der Waals surface area contributed by atoms with Gasteiger partial charge in [0, 0.05) is 30.8 Å². The summed E-state index contributed by atoms with van der Waals surface area (Å²) < 4.78 is 5.74. The van der Waals surface area contributed by atoms with Crippen molar-refractivity contribution in [3.8, 4) is 5.75 Å². The van der Waals surface area contributed by atoms with Gasteiger partial charge in [0.05, 0.1) is 4.92 Å². The Labute approximate surface area is 158 Å². The minimum atomic E-state index is -0.402. The first-order chi connectivity index (χ1) is 12.5. The van der Waals surface area contributed by atoms with Gasteiger partial charge in [-0.05, 0) is 48.6 Å². The van der Waals surface area contributed by atoms with Crippen molar-refractivity contribution in [2.45, 2.75) is 26.4 Å². The van der Waals surface area contributed by atoms with Crippen LogP contribution in [-0.2, 0) is 6.61 Å². The fourth-order valence-electron chi connectivity index (χ4n) is 3.01. The zero-order valence-corrected chi connectivity index (χ0v) is 15.6. The molecule has 0 N–H and O–H groups in total. The maximum Gasteiger partial charge on any atom is 0.269 e. The molecule has 1 saturated heterocycles. The number of nitrogens with zero attached hydrogens (tertiary/aromatic N) is 2. The molecule has 0 aliphatic carbocycles. The van der Waals surface area contributed by atoms with Crippen molar-refractivity contribution in [1.82, 2.24) is 4.90 Å². The van der Waals surface area contributed by atoms with Gasteiger partial charge in [-0.2, -0.15) is 0 Å². The molecule has 26 heavy (non-hydrogen) atoms. The van der Waals surface area contributed by atoms with E-state index < -0.39 is 4.92 Å². The van der Waals surface area contributed by atoms with Gasteiger partial charge in [0.1, 0.15) is 17.3 Å². The number of non-ortho nitro benzene ring substituents is 1. The molecule has 3 rings (SSSR count). The van der Waals surface area contributed by atoms with Crippen LogP contribution in [0.25, 0.3) is 0 Å². The smallest absolute Gasteiger partial charge is 0.269 e. The Bertz CT molecular complexity index is 784. The molecular formula is C20H22N2O3S. The summed E-state index contributed by atoms with van der Waals surface area (Å²) in [6.45, 7) is 4.61. The normalized spacial score (nSPS) is 14.9. The van der Waals surface area contributed by atoms with Crippen LogP contribution in [0, 0.1) is 16.0 Å². The van der Waals surface area contributed by atoms with Crippen LogP contribution < -0.4 is 4.74 Å². The largest absolute Gasteiger partial charge is 0.489 e. The van der Waals surface area contributed by atoms with Crippen LogP contribution in [0.2, 0.25) is 0 Å². The Morgan fingerprint density at radius 2 is 1.92 bits per heavy atom. The molecule has 1 heterocycles. The molecule has 2 aromatic carbocycles. The Morgan fingerprint density at radius 1 is 1.23 bits per heavy atom. The van der Waals surface area contributed by atoms with Crippen LogP contribution >= 0.6 is 12.2 Å². The van der Waals surface area contributed by atoms with Gasteiger partial charge < -0.3 is 9.64 Å². The van der Waals surface area contributed by atoms with E-state index in [9.17, 15) is 10.1 Å². The summed E-state index contributed by atoms with van der Waals surface area (Å²) in [6, 6.07) is 14.2. The number of hydrogen-bond acceptors (Lipinski definition) is 4. The molecule has 0 spiro atoms. The van der Waals surface area contributed by atoms with E-state index in [4.69, 9.17) is 17.0 Å². The fraction of sp³-hybridized carbons (Fsp3) is 0.350. The summed E-state index contributed by atoms with van der Waals surface area (Å²) in [5, 5.41) is 10.8. The van der Waals surface area contributed by atoms with Crippen molar-refractivity contribution >= 4 is 22.9 Å². The quantitative estimate of drug-likeness (QED) is 0.438. The number of benzene rings is 2. The van der Waals surface area contributed by atoms with E-state index in [0.29, 0.717) is 0 Å². The first-order valence-electron chi connectivity index (χ1n) is 8.78. The number of ether oxygens (including phenoxy) is 1. The molecule has 6 heteroatoms. The van der Waals surface area contributed by atoms with Crippen molar-refractivity contribution in [3.63, 3.8) is 0 Å². The zero-order chi connectivity index (χ0) is 18.5. The molecule has 0 unspecified atom stereocenters. The van der Waals surface area contributed by atoms with Crippen LogP contribution in [0.5, 0.6) is 5.75 Å². The third-order valence-corrected chi connectivity index (χ3v) is 5.19. The summed E-state index contributed by atoms with van der Waals surface area (Å²) in [6.07, 6.45) is 2.37. The monoisotopic (exact) mass is 370 g/mol. The first kappa shape index (κ1) is 18.3. The summed E-state index contributed by atoms with van der Waals surface area (Å²) in [7, 11) is 0. The summed E-state index contributed by atoms with van der Waals surface area (Å²) >= 11 is 5.62. The average molecular weight is 370 g/mol. The molecule has 0 radical (unpaired) electrons. The van der Waals surface area contributed by atoms with Crippen LogP contribution in [0.1, 0.15) is 30.9 Å². The standard InChI is InChI=1S/C20H22N2O3S/c1-15-9-11-21(12-10-15)20(26)17-5-7-19(8-6-17)25-14-16-3-2-4-18(13-16)22(23)24/h2-8,13,15H,9-12,14H2,1H3. The second-order valence-corrected chi connectivity index (χ2v) is 7.10. The number of piperidine rings is 1. The highest BCUT2D eigenvalue weighted by molar-refractivity contribution is 7.80. The van der Waals surface area contributed by atoms with Crippen LogP contribution in [-0.4, -0.2) is 27.9 Å². The SMILES string of the molecule is CC1CCN(C(=S)c2ccc(OCc3cccc([N+](=O)[O-])c3)cc2)CC1. The highest BCUT2D eigenvalue weighted by Gasteiger charge is 2.18. The first-order valence-corrected chi connectivity index (χ1v) is 9.19. The van der Waals surface area contributed by atoms with Crippen molar-refractivity contribution in [2.24, 2.45) is 5.92 Å². The predicted molar refractivity (Wildman–Crippen MR) is 106 cm³/mol. The van der Waals surface area contributed by atoms with Gasteiger partial charge in [0.25, 0.3) is 5.69 Å². The van der Waals surface area contributed by atoms with Gasteiger partial charge in [-0.15, -0.1) is 0 Å². The molecule has 1 fully saturated rings. The van der Waals surface area contributed by atoms with Crippen LogP contribution in [0.15, 0.2) is 48.5 Å². The minimum absolute atomic E-state index is 0.0719. The van der Waals surface area contributed by atoms with E-state index >= 15 is 0 Å². The molecule has 0 amide bonds. The molecular weight excluding hydrogens is 348 g/mol. The van der Waals surface area contributed by atoms with Gasteiger partial charge in [-0.1, -0.05) is 31.3 Å². The van der Waals surface area contributed by atoms with Crippen molar-refractivity contribution in [3.05, 3.63) is 69.8 Å². The number of thiocarbonyl (C=S) groups is 1. The number of likely N-dealkylation sites (tertiary alicyclic amines) is 1. The Hall–Kier alpha value is -2.47. The minimum Gasteiger partial charge on any atom is -0.489 e. The van der Waals surface area contributed by atoms with E-state index in [0.717, 1.165) is 40.9 Å². The maximum absolute atomic E-state index is 10.8. The topological polar surface area (TPSA) is 55.6 Å². The number of rotatable bonds is 5. The molecule has 5 nitrogen and oxygen atoms in total. The van der Waals surface area contributed by atoms with E-state index in [1.54, 1.807) is 6.07 Å². The number of hydrogen-bond donors (Lipinski definition) is 0. The van der Waals surface area contributed by atoms with Gasteiger partial charge >= 0.3 is 0 Å². The Morgan fingerprint density at radius 3 is 2.58 bits per heavy atom. The van der Waals surface area contributed by atoms with E-state index in [-0.39, 0.29) is 12.3 Å². The molecule has 0 atom stereocenters. The van der Waals surface area contributed by atoms with Crippen molar-refractivity contribution < 1.29 is 9.66 Å². The van der Waals surface area contributed by atoms with Gasteiger partial charge in [0.15, 0.2) is 0 Å². The molecule has 2 aromatic rings. The van der Waals surface area contributed by atoms with Gasteiger partial charge in [-0.3, -0.25) is 10.1 Å². The second-order valence-electron chi connectivity index (χ2n) is 6.71. The average Bonchev–Trinajstić information content (AvgIpc) is 2.67. The van der Waals surface area contributed by atoms with E-state index in [1.165, 1.54) is 25.0 Å². The number of nitro benzene ring substituents is 1. The molecule has 0 aromatic heterocycles. The zero-order valence-electron chi connectivity index (χ0n) is 14.8. The predicted octanol–water partition coefficient (Wildman–Crippen LogP) is 4.58. The molecule has 1 aliphatic rings. The fourth-order valence-corrected chi connectivity index (χ4v) is 3.33. The highest BCUT2D eigenvalue weighted by Crippen LogP contribution is 2.21. The molecule has 136 valence electrons. The summed E-state index contributed by atoms with van der Waals surface area (Å²) in [4.78, 5) is 13.6. The molecule has 0 bridgehead atoms. The van der Waals surface area contributed by atoms with Crippen LogP contribution in [0.3, 0.4) is 0 Å². The number of nitro groups is 1. The van der Waals surface area contributed by atoms with Gasteiger partial charge in [0.2, 0.25) is 0 Å². The lowest BCUT2D eigenvalue weighted by atomic mass is 9.99. The maximum atomic E-state index is 10.8.